The summed E-state index contributed by atoms with van der Waals surface area (Å²) in [6, 6.07) is 5.90. The Balaban J connectivity index is 1.87. The summed E-state index contributed by atoms with van der Waals surface area (Å²) in [5, 5.41) is 15.1. The first-order valence-electron chi connectivity index (χ1n) is 8.10. The van der Waals surface area contributed by atoms with Crippen LogP contribution in [0.25, 0.3) is 0 Å². The molecule has 1 aliphatic heterocycles. The molecule has 1 aliphatic rings. The summed E-state index contributed by atoms with van der Waals surface area (Å²) in [6.07, 6.45) is 1.42. The number of fused-ring (bicyclic) bond motifs is 1. The maximum Gasteiger partial charge on any atom is 0.319 e. The average Bonchev–Trinajstić information content (AvgIpc) is 2.86. The molecule has 122 valence electrons. The van der Waals surface area contributed by atoms with E-state index in [2.05, 4.69) is 28.5 Å². The molecule has 0 saturated heterocycles. The summed E-state index contributed by atoms with van der Waals surface area (Å²) in [4.78, 5) is 14.3. The van der Waals surface area contributed by atoms with Gasteiger partial charge >= 0.3 is 6.03 Å². The SMILES string of the molecule is CCN1CCc2ccc(NC(=O)NC[C@H](C)C[C@H](C)O)cc21. The maximum atomic E-state index is 12.0. The zero-order valence-electron chi connectivity index (χ0n) is 13.7. The quantitative estimate of drug-likeness (QED) is 0.757. The number of amides is 2. The van der Waals surface area contributed by atoms with Gasteiger partial charge < -0.3 is 20.6 Å². The van der Waals surface area contributed by atoms with Crippen molar-refractivity contribution in [2.75, 3.05) is 29.9 Å². The Morgan fingerprint density at radius 1 is 1.41 bits per heavy atom. The Hall–Kier alpha value is -1.75. The van der Waals surface area contributed by atoms with Crippen molar-refractivity contribution in [1.29, 1.82) is 0 Å². The molecule has 0 radical (unpaired) electrons. The van der Waals surface area contributed by atoms with Crippen LogP contribution in [0, 0.1) is 5.92 Å². The van der Waals surface area contributed by atoms with E-state index in [-0.39, 0.29) is 18.1 Å². The number of likely N-dealkylation sites (N-methyl/N-ethyl adjacent to an activating group) is 1. The summed E-state index contributed by atoms with van der Waals surface area (Å²) in [7, 11) is 0. The summed E-state index contributed by atoms with van der Waals surface area (Å²) in [5.41, 5.74) is 3.39. The third-order valence-corrected chi connectivity index (χ3v) is 4.07. The van der Waals surface area contributed by atoms with E-state index >= 15 is 0 Å². The van der Waals surface area contributed by atoms with E-state index in [1.165, 1.54) is 11.3 Å². The van der Waals surface area contributed by atoms with Crippen LogP contribution in [-0.2, 0) is 6.42 Å². The van der Waals surface area contributed by atoms with Crippen molar-refractivity contribution in [3.05, 3.63) is 23.8 Å². The molecular weight excluding hydrogens is 278 g/mol. The summed E-state index contributed by atoms with van der Waals surface area (Å²) in [6.45, 7) is 8.52. The maximum absolute atomic E-state index is 12.0. The molecule has 1 aromatic carbocycles. The topological polar surface area (TPSA) is 64.6 Å². The minimum Gasteiger partial charge on any atom is -0.393 e. The third-order valence-electron chi connectivity index (χ3n) is 4.07. The van der Waals surface area contributed by atoms with Gasteiger partial charge in [0, 0.05) is 31.0 Å². The number of anilines is 2. The molecule has 0 unspecified atom stereocenters. The third kappa shape index (κ3) is 4.37. The van der Waals surface area contributed by atoms with Crippen molar-refractivity contribution in [3.8, 4) is 0 Å². The number of urea groups is 1. The fourth-order valence-electron chi connectivity index (χ4n) is 2.96. The van der Waals surface area contributed by atoms with Gasteiger partial charge in [0.15, 0.2) is 0 Å². The monoisotopic (exact) mass is 305 g/mol. The van der Waals surface area contributed by atoms with E-state index in [1.807, 2.05) is 19.1 Å². The number of hydrogen-bond donors (Lipinski definition) is 3. The minimum absolute atomic E-state index is 0.196. The molecule has 1 heterocycles. The van der Waals surface area contributed by atoms with Crippen molar-refractivity contribution >= 4 is 17.4 Å². The summed E-state index contributed by atoms with van der Waals surface area (Å²) in [5.74, 6) is 0.251. The van der Waals surface area contributed by atoms with Gasteiger partial charge in [-0.05, 0) is 50.3 Å². The van der Waals surface area contributed by atoms with E-state index in [1.54, 1.807) is 6.92 Å². The van der Waals surface area contributed by atoms with E-state index in [0.29, 0.717) is 13.0 Å². The van der Waals surface area contributed by atoms with Gasteiger partial charge in [0.25, 0.3) is 0 Å². The molecule has 0 aliphatic carbocycles. The lowest BCUT2D eigenvalue weighted by atomic mass is 10.1. The highest BCUT2D eigenvalue weighted by molar-refractivity contribution is 5.90. The molecule has 5 nitrogen and oxygen atoms in total. The van der Waals surface area contributed by atoms with Crippen LogP contribution in [0.3, 0.4) is 0 Å². The lowest BCUT2D eigenvalue weighted by Crippen LogP contribution is -2.33. The normalized spacial score (nSPS) is 16.1. The van der Waals surface area contributed by atoms with Crippen molar-refractivity contribution in [2.24, 2.45) is 5.92 Å². The number of aliphatic hydroxyl groups excluding tert-OH is 1. The van der Waals surface area contributed by atoms with Crippen LogP contribution < -0.4 is 15.5 Å². The molecule has 1 aromatic rings. The number of carbonyl (C=O) groups is 1. The largest absolute Gasteiger partial charge is 0.393 e. The lowest BCUT2D eigenvalue weighted by molar-refractivity contribution is 0.163. The second-order valence-electron chi connectivity index (χ2n) is 6.20. The van der Waals surface area contributed by atoms with Crippen LogP contribution in [-0.4, -0.2) is 36.9 Å². The average molecular weight is 305 g/mol. The Labute approximate surface area is 132 Å². The van der Waals surface area contributed by atoms with Crippen LogP contribution in [0.5, 0.6) is 0 Å². The smallest absolute Gasteiger partial charge is 0.319 e. The molecular formula is C17H27N3O2. The van der Waals surface area contributed by atoms with Gasteiger partial charge in [-0.25, -0.2) is 4.79 Å². The van der Waals surface area contributed by atoms with Gasteiger partial charge in [0.05, 0.1) is 6.10 Å². The van der Waals surface area contributed by atoms with Crippen LogP contribution >= 0.6 is 0 Å². The molecule has 0 saturated carbocycles. The molecule has 0 fully saturated rings. The molecule has 0 aromatic heterocycles. The summed E-state index contributed by atoms with van der Waals surface area (Å²) >= 11 is 0. The standard InChI is InChI=1S/C17H27N3O2/c1-4-20-8-7-14-5-6-15(10-16(14)20)19-17(22)18-11-12(2)9-13(3)21/h5-6,10,12-13,21H,4,7-9,11H2,1-3H3,(H2,18,19,22)/t12-,13+/m1/s1. The Morgan fingerprint density at radius 2 is 2.18 bits per heavy atom. The first kappa shape index (κ1) is 16.6. The van der Waals surface area contributed by atoms with Gasteiger partial charge in [-0.15, -0.1) is 0 Å². The first-order chi connectivity index (χ1) is 10.5. The fourth-order valence-corrected chi connectivity index (χ4v) is 2.96. The number of nitrogens with zero attached hydrogens (tertiary/aromatic N) is 1. The van der Waals surface area contributed by atoms with E-state index in [0.717, 1.165) is 25.2 Å². The van der Waals surface area contributed by atoms with E-state index in [4.69, 9.17) is 0 Å². The predicted molar refractivity (Wildman–Crippen MR) is 90.5 cm³/mol. The zero-order valence-corrected chi connectivity index (χ0v) is 13.7. The van der Waals surface area contributed by atoms with E-state index in [9.17, 15) is 9.90 Å². The Morgan fingerprint density at radius 3 is 2.86 bits per heavy atom. The minimum atomic E-state index is -0.336. The number of benzene rings is 1. The molecule has 22 heavy (non-hydrogen) atoms. The highest BCUT2D eigenvalue weighted by Crippen LogP contribution is 2.30. The van der Waals surface area contributed by atoms with E-state index < -0.39 is 0 Å². The number of aliphatic hydroxyl groups is 1. The van der Waals surface area contributed by atoms with Crippen LogP contribution in [0.4, 0.5) is 16.2 Å². The van der Waals surface area contributed by atoms with Crippen molar-refractivity contribution in [3.63, 3.8) is 0 Å². The number of nitrogens with one attached hydrogen (secondary N) is 2. The highest BCUT2D eigenvalue weighted by Gasteiger charge is 2.18. The predicted octanol–water partition coefficient (Wildman–Crippen LogP) is 2.60. The molecule has 0 bridgehead atoms. The van der Waals surface area contributed by atoms with Crippen LogP contribution in [0.15, 0.2) is 18.2 Å². The highest BCUT2D eigenvalue weighted by atomic mass is 16.3. The van der Waals surface area contributed by atoms with Crippen molar-refractivity contribution < 1.29 is 9.90 Å². The van der Waals surface area contributed by atoms with Gasteiger partial charge in [0.1, 0.15) is 0 Å². The van der Waals surface area contributed by atoms with Gasteiger partial charge in [-0.2, -0.15) is 0 Å². The second-order valence-corrected chi connectivity index (χ2v) is 6.20. The molecule has 3 N–H and O–H groups in total. The first-order valence-corrected chi connectivity index (χ1v) is 8.10. The number of rotatable bonds is 6. The molecule has 0 spiro atoms. The van der Waals surface area contributed by atoms with Crippen molar-refractivity contribution in [1.82, 2.24) is 5.32 Å². The van der Waals surface area contributed by atoms with Gasteiger partial charge in [-0.1, -0.05) is 13.0 Å². The number of carbonyl (C=O) groups excluding carboxylic acids is 1. The van der Waals surface area contributed by atoms with Crippen LogP contribution in [0.1, 0.15) is 32.8 Å². The Bertz CT molecular complexity index is 517. The van der Waals surface area contributed by atoms with Gasteiger partial charge in [0.2, 0.25) is 0 Å². The lowest BCUT2D eigenvalue weighted by Gasteiger charge is -2.18. The molecule has 2 rings (SSSR count). The van der Waals surface area contributed by atoms with Crippen LogP contribution in [0.2, 0.25) is 0 Å². The molecule has 2 amide bonds. The van der Waals surface area contributed by atoms with Gasteiger partial charge in [-0.3, -0.25) is 0 Å². The zero-order chi connectivity index (χ0) is 16.1. The molecule has 5 heteroatoms. The fraction of sp³-hybridized carbons (Fsp3) is 0.588. The van der Waals surface area contributed by atoms with Crippen molar-refractivity contribution in [2.45, 2.75) is 39.7 Å². The molecule has 2 atom stereocenters. The second kappa shape index (κ2) is 7.49. The summed E-state index contributed by atoms with van der Waals surface area (Å²) < 4.78 is 0. The Kier molecular flexibility index (Phi) is 5.66. The number of hydrogen-bond acceptors (Lipinski definition) is 3.